The van der Waals surface area contributed by atoms with E-state index in [2.05, 4.69) is 16.5 Å². The Kier molecular flexibility index (Phi) is 5.86. The quantitative estimate of drug-likeness (QED) is 0.753. The number of fused-ring (bicyclic) bond motifs is 1. The summed E-state index contributed by atoms with van der Waals surface area (Å²) < 4.78 is 16.4. The van der Waals surface area contributed by atoms with E-state index < -0.39 is 30.1 Å². The number of nitrogens with zero attached hydrogens (tertiary/aromatic N) is 3. The van der Waals surface area contributed by atoms with Crippen LogP contribution in [0.15, 0.2) is 17.2 Å². The van der Waals surface area contributed by atoms with E-state index in [4.69, 9.17) is 14.2 Å². The Morgan fingerprint density at radius 3 is 2.57 bits per heavy atom. The first-order valence-corrected chi connectivity index (χ1v) is 9.81. The number of carbonyl (C=O) groups is 1. The van der Waals surface area contributed by atoms with Gasteiger partial charge in [0.2, 0.25) is 5.75 Å². The minimum atomic E-state index is -0.974. The fraction of sp³-hybridized carbons (Fsp3) is 0.500. The normalized spacial score (nSPS) is 26.1. The summed E-state index contributed by atoms with van der Waals surface area (Å²) >= 11 is 1.38. The molecule has 1 saturated heterocycles. The highest BCUT2D eigenvalue weighted by Gasteiger charge is 2.48. The second-order valence-corrected chi connectivity index (χ2v) is 7.13. The maximum atomic E-state index is 11.8. The van der Waals surface area contributed by atoms with Gasteiger partial charge >= 0.3 is 5.97 Å². The van der Waals surface area contributed by atoms with E-state index in [1.54, 1.807) is 11.1 Å². The Morgan fingerprint density at radius 2 is 2.04 bits per heavy atom. The van der Waals surface area contributed by atoms with E-state index >= 15 is 0 Å². The van der Waals surface area contributed by atoms with Crippen molar-refractivity contribution in [3.8, 4) is 23.3 Å². The molecular weight excluding hydrogens is 384 g/mol. The molecule has 3 rings (SSSR count). The van der Waals surface area contributed by atoms with Crippen LogP contribution in [0.4, 0.5) is 0 Å². The zero-order valence-electron chi connectivity index (χ0n) is 16.0. The largest absolute Gasteiger partial charge is 0.493 e. The fourth-order valence-corrected chi connectivity index (χ4v) is 4.30. The number of ether oxygens (including phenoxy) is 3. The monoisotopic (exact) mass is 406 g/mol. The molecule has 0 aliphatic carbocycles. The van der Waals surface area contributed by atoms with Crippen molar-refractivity contribution in [2.75, 3.05) is 27.6 Å². The van der Waals surface area contributed by atoms with Gasteiger partial charge in [-0.25, -0.2) is 0 Å². The molecule has 2 aliphatic heterocycles. The third-order valence-corrected chi connectivity index (χ3v) is 5.72. The first-order chi connectivity index (χ1) is 13.5. The van der Waals surface area contributed by atoms with Crippen LogP contribution in [0.3, 0.4) is 0 Å². The van der Waals surface area contributed by atoms with E-state index in [0.717, 1.165) is 5.56 Å². The number of nitriles is 1. The minimum absolute atomic E-state index is 0.251. The molecule has 0 spiro atoms. The molecular formula is C18H22N4O5S. The molecule has 10 heteroatoms. The number of hydrogen-bond donors (Lipinski definition) is 2. The van der Waals surface area contributed by atoms with E-state index in [1.807, 2.05) is 12.3 Å². The average Bonchev–Trinajstić information content (AvgIpc) is 3.09. The second kappa shape index (κ2) is 8.16. The first kappa shape index (κ1) is 20.1. The lowest BCUT2D eigenvalue weighted by molar-refractivity contribution is -0.142. The van der Waals surface area contributed by atoms with Crippen molar-refractivity contribution in [2.24, 2.45) is 11.0 Å². The molecule has 0 saturated carbocycles. The van der Waals surface area contributed by atoms with Crippen molar-refractivity contribution in [3.05, 3.63) is 17.7 Å². The van der Waals surface area contributed by atoms with E-state index in [9.17, 15) is 15.2 Å². The highest BCUT2D eigenvalue weighted by Crippen LogP contribution is 2.47. The molecule has 0 aromatic heterocycles. The molecule has 1 fully saturated rings. The Hall–Kier alpha value is -2.64. The number of rotatable bonds is 5. The number of carboxylic acid groups (broad SMARTS) is 1. The summed E-state index contributed by atoms with van der Waals surface area (Å²) in [6.07, 6.45) is 1.56. The van der Waals surface area contributed by atoms with Crippen LogP contribution < -0.4 is 19.5 Å². The predicted molar refractivity (Wildman–Crippen MR) is 104 cm³/mol. The third-order valence-electron chi connectivity index (χ3n) is 4.97. The Bertz CT molecular complexity index is 840. The summed E-state index contributed by atoms with van der Waals surface area (Å²) in [6, 6.07) is 4.57. The van der Waals surface area contributed by atoms with E-state index in [-0.39, 0.29) is 6.42 Å². The van der Waals surface area contributed by atoms with Gasteiger partial charge in [0.15, 0.2) is 11.5 Å². The predicted octanol–water partition coefficient (Wildman–Crippen LogP) is 1.66. The molecule has 2 heterocycles. The van der Waals surface area contributed by atoms with Crippen LogP contribution in [-0.4, -0.2) is 60.9 Å². The molecule has 9 nitrogen and oxygen atoms in total. The summed E-state index contributed by atoms with van der Waals surface area (Å²) in [4.78, 5) is 11.8. The smallest absolute Gasteiger partial charge is 0.320 e. The molecule has 2 aliphatic rings. The molecule has 0 radical (unpaired) electrons. The average molecular weight is 406 g/mol. The van der Waals surface area contributed by atoms with Crippen molar-refractivity contribution in [2.45, 2.75) is 24.7 Å². The van der Waals surface area contributed by atoms with Gasteiger partial charge in [0, 0.05) is 5.56 Å². The van der Waals surface area contributed by atoms with Crippen LogP contribution in [0.2, 0.25) is 0 Å². The summed E-state index contributed by atoms with van der Waals surface area (Å²) in [5.41, 5.74) is 0.723. The summed E-state index contributed by atoms with van der Waals surface area (Å²) in [5.74, 6) is -0.135. The Labute approximate surface area is 167 Å². The van der Waals surface area contributed by atoms with Gasteiger partial charge in [-0.3, -0.25) is 15.1 Å². The third kappa shape index (κ3) is 3.21. The van der Waals surface area contributed by atoms with Gasteiger partial charge in [0.1, 0.15) is 23.2 Å². The second-order valence-electron chi connectivity index (χ2n) is 6.31. The van der Waals surface area contributed by atoms with Crippen LogP contribution in [0, 0.1) is 17.2 Å². The molecule has 1 aromatic carbocycles. The molecule has 28 heavy (non-hydrogen) atoms. The van der Waals surface area contributed by atoms with Gasteiger partial charge in [-0.15, -0.1) is 11.8 Å². The van der Waals surface area contributed by atoms with Crippen molar-refractivity contribution >= 4 is 22.8 Å². The number of methoxy groups -OCH3 is 3. The topological polar surface area (TPSA) is 116 Å². The van der Waals surface area contributed by atoms with E-state index in [1.165, 1.54) is 33.1 Å². The molecule has 4 unspecified atom stereocenters. The van der Waals surface area contributed by atoms with Crippen LogP contribution in [-0.2, 0) is 4.79 Å². The maximum Gasteiger partial charge on any atom is 0.320 e. The molecule has 150 valence electrons. The van der Waals surface area contributed by atoms with Crippen molar-refractivity contribution < 1.29 is 24.1 Å². The maximum absolute atomic E-state index is 11.8. The van der Waals surface area contributed by atoms with Crippen LogP contribution >= 0.6 is 11.8 Å². The first-order valence-electron chi connectivity index (χ1n) is 8.58. The SMILES string of the molecule is COc1ccc(C2CC(C(=O)O)NC3C(C#N)C(SC)=NN23)c(OC)c1OC. The van der Waals surface area contributed by atoms with Crippen molar-refractivity contribution in [3.63, 3.8) is 0 Å². The number of nitrogens with one attached hydrogen (secondary N) is 1. The number of hydrazone groups is 1. The zero-order chi connectivity index (χ0) is 20.4. The standard InChI is InChI=1S/C18H22N4O5S/c1-25-13-6-5-9(14(26-2)15(13)27-3)12-7-11(18(23)24)20-16-10(8-19)17(28-4)21-22(12)16/h5-6,10-12,16,20H,7H2,1-4H3,(H,23,24). The van der Waals surface area contributed by atoms with Gasteiger partial charge in [-0.2, -0.15) is 10.4 Å². The Morgan fingerprint density at radius 1 is 1.32 bits per heavy atom. The number of thioether (sulfide) groups is 1. The lowest BCUT2D eigenvalue weighted by Gasteiger charge is -2.41. The van der Waals surface area contributed by atoms with Crippen molar-refractivity contribution in [1.82, 2.24) is 10.3 Å². The van der Waals surface area contributed by atoms with Crippen LogP contribution in [0.25, 0.3) is 0 Å². The fourth-order valence-electron chi connectivity index (χ4n) is 3.69. The minimum Gasteiger partial charge on any atom is -0.493 e. The lowest BCUT2D eigenvalue weighted by atomic mass is 9.92. The molecule has 0 amide bonds. The molecule has 1 aromatic rings. The number of carboxylic acids is 1. The van der Waals surface area contributed by atoms with Gasteiger partial charge in [-0.1, -0.05) is 0 Å². The van der Waals surface area contributed by atoms with Gasteiger partial charge in [-0.05, 0) is 24.8 Å². The summed E-state index contributed by atoms with van der Waals surface area (Å²) in [6.45, 7) is 0. The lowest BCUT2D eigenvalue weighted by Crippen LogP contribution is -2.58. The highest BCUT2D eigenvalue weighted by atomic mass is 32.2. The number of aliphatic carboxylic acids is 1. The molecule has 4 atom stereocenters. The molecule has 0 bridgehead atoms. The summed E-state index contributed by atoms with van der Waals surface area (Å²) in [5, 5.41) is 29.3. The van der Waals surface area contributed by atoms with E-state index in [0.29, 0.717) is 22.3 Å². The van der Waals surface area contributed by atoms with Crippen molar-refractivity contribution in [1.29, 1.82) is 5.26 Å². The van der Waals surface area contributed by atoms with Gasteiger partial charge in [0.05, 0.1) is 33.4 Å². The number of hydrogen-bond acceptors (Lipinski definition) is 9. The van der Waals surface area contributed by atoms with Gasteiger partial charge < -0.3 is 19.3 Å². The highest BCUT2D eigenvalue weighted by molar-refractivity contribution is 8.13. The van der Waals surface area contributed by atoms with Gasteiger partial charge in [0.25, 0.3) is 0 Å². The van der Waals surface area contributed by atoms with Crippen LogP contribution in [0.5, 0.6) is 17.2 Å². The Balaban J connectivity index is 2.12. The van der Waals surface area contributed by atoms with Crippen LogP contribution in [0.1, 0.15) is 18.0 Å². The number of benzene rings is 1. The molecule has 2 N–H and O–H groups in total. The zero-order valence-corrected chi connectivity index (χ0v) is 16.8. The summed E-state index contributed by atoms with van der Waals surface area (Å²) in [7, 11) is 4.57.